The molecule has 0 spiro atoms. The first-order valence-electron chi connectivity index (χ1n) is 7.03. The van der Waals surface area contributed by atoms with Crippen LogP contribution < -0.4 is 11.1 Å². The van der Waals surface area contributed by atoms with E-state index in [1.165, 1.54) is 31.3 Å². The molecule has 3 heteroatoms. The number of hydrogen-bond donors (Lipinski definition) is 2. The van der Waals surface area contributed by atoms with Crippen LogP contribution in [0.25, 0.3) is 0 Å². The SMILES string of the molecule is Nc1ccc(CC(=O)NCCC2=CCCCC2)cc1. The zero-order valence-electron chi connectivity index (χ0n) is 11.3. The van der Waals surface area contributed by atoms with Crippen molar-refractivity contribution in [2.24, 2.45) is 0 Å². The van der Waals surface area contributed by atoms with E-state index in [0.29, 0.717) is 6.42 Å². The maximum absolute atomic E-state index is 11.8. The van der Waals surface area contributed by atoms with Crippen molar-refractivity contribution < 1.29 is 4.79 Å². The smallest absolute Gasteiger partial charge is 0.224 e. The van der Waals surface area contributed by atoms with Gasteiger partial charge in [0.05, 0.1) is 6.42 Å². The molecule has 1 amide bonds. The minimum Gasteiger partial charge on any atom is -0.399 e. The molecular weight excluding hydrogens is 236 g/mol. The highest BCUT2D eigenvalue weighted by Crippen LogP contribution is 2.19. The van der Waals surface area contributed by atoms with Gasteiger partial charge in [-0.15, -0.1) is 0 Å². The van der Waals surface area contributed by atoms with E-state index in [0.717, 1.165) is 24.2 Å². The van der Waals surface area contributed by atoms with Crippen molar-refractivity contribution in [2.75, 3.05) is 12.3 Å². The van der Waals surface area contributed by atoms with Gasteiger partial charge < -0.3 is 11.1 Å². The third-order valence-corrected chi connectivity index (χ3v) is 3.50. The molecule has 0 saturated heterocycles. The predicted octanol–water partition coefficient (Wildman–Crippen LogP) is 2.82. The molecule has 102 valence electrons. The van der Waals surface area contributed by atoms with E-state index in [4.69, 9.17) is 5.73 Å². The van der Waals surface area contributed by atoms with Gasteiger partial charge in [0.15, 0.2) is 0 Å². The molecule has 19 heavy (non-hydrogen) atoms. The fourth-order valence-electron chi connectivity index (χ4n) is 2.38. The summed E-state index contributed by atoms with van der Waals surface area (Å²) in [5, 5.41) is 2.98. The number of allylic oxidation sites excluding steroid dienone is 1. The first-order chi connectivity index (χ1) is 9.24. The van der Waals surface area contributed by atoms with Crippen LogP contribution in [0.1, 0.15) is 37.7 Å². The van der Waals surface area contributed by atoms with Gasteiger partial charge in [-0.1, -0.05) is 23.8 Å². The van der Waals surface area contributed by atoms with E-state index in [1.54, 1.807) is 0 Å². The summed E-state index contributed by atoms with van der Waals surface area (Å²) in [6.45, 7) is 0.750. The van der Waals surface area contributed by atoms with Gasteiger partial charge in [0, 0.05) is 12.2 Å². The number of amides is 1. The molecule has 1 aliphatic rings. The molecule has 1 aromatic carbocycles. The molecule has 3 N–H and O–H groups in total. The molecule has 0 atom stereocenters. The second-order valence-electron chi connectivity index (χ2n) is 5.13. The summed E-state index contributed by atoms with van der Waals surface area (Å²) in [7, 11) is 0. The molecular formula is C16H22N2O. The van der Waals surface area contributed by atoms with Crippen LogP contribution in [-0.4, -0.2) is 12.5 Å². The average Bonchev–Trinajstić information content (AvgIpc) is 2.43. The van der Waals surface area contributed by atoms with Gasteiger partial charge in [-0.3, -0.25) is 4.79 Å². The Morgan fingerprint density at radius 2 is 2.00 bits per heavy atom. The van der Waals surface area contributed by atoms with Gasteiger partial charge in [-0.05, 0) is 49.8 Å². The highest BCUT2D eigenvalue weighted by atomic mass is 16.1. The molecule has 0 aromatic heterocycles. The highest BCUT2D eigenvalue weighted by molar-refractivity contribution is 5.78. The van der Waals surface area contributed by atoms with Crippen LogP contribution in [0, 0.1) is 0 Å². The van der Waals surface area contributed by atoms with E-state index in [-0.39, 0.29) is 5.91 Å². The van der Waals surface area contributed by atoms with Crippen LogP contribution in [-0.2, 0) is 11.2 Å². The standard InChI is InChI=1S/C16H22N2O/c17-15-8-6-14(7-9-15)12-16(19)18-11-10-13-4-2-1-3-5-13/h4,6-9H,1-3,5,10-12,17H2,(H,18,19). The minimum absolute atomic E-state index is 0.0844. The molecule has 3 nitrogen and oxygen atoms in total. The summed E-state index contributed by atoms with van der Waals surface area (Å²) in [5.41, 5.74) is 8.85. The zero-order chi connectivity index (χ0) is 13.5. The van der Waals surface area contributed by atoms with E-state index >= 15 is 0 Å². The predicted molar refractivity (Wildman–Crippen MR) is 78.7 cm³/mol. The molecule has 0 heterocycles. The quantitative estimate of drug-likeness (QED) is 0.630. The third-order valence-electron chi connectivity index (χ3n) is 3.50. The number of benzene rings is 1. The van der Waals surface area contributed by atoms with Crippen LogP contribution in [0.2, 0.25) is 0 Å². The lowest BCUT2D eigenvalue weighted by Crippen LogP contribution is -2.26. The molecule has 0 bridgehead atoms. The maximum atomic E-state index is 11.8. The van der Waals surface area contributed by atoms with Crippen molar-refractivity contribution in [3.63, 3.8) is 0 Å². The first kappa shape index (κ1) is 13.7. The summed E-state index contributed by atoms with van der Waals surface area (Å²) in [5.74, 6) is 0.0844. The van der Waals surface area contributed by atoms with Crippen molar-refractivity contribution in [1.29, 1.82) is 0 Å². The molecule has 0 radical (unpaired) electrons. The molecule has 1 aliphatic carbocycles. The topological polar surface area (TPSA) is 55.1 Å². The van der Waals surface area contributed by atoms with Crippen LogP contribution in [0.3, 0.4) is 0 Å². The Morgan fingerprint density at radius 1 is 1.21 bits per heavy atom. The summed E-state index contributed by atoms with van der Waals surface area (Å²) in [4.78, 5) is 11.8. The number of anilines is 1. The van der Waals surface area contributed by atoms with Crippen molar-refractivity contribution in [1.82, 2.24) is 5.32 Å². The monoisotopic (exact) mass is 258 g/mol. The Kier molecular flexibility index (Phi) is 5.01. The third kappa shape index (κ3) is 4.78. The summed E-state index contributed by atoms with van der Waals surface area (Å²) >= 11 is 0. The molecule has 1 aromatic rings. The fraction of sp³-hybridized carbons (Fsp3) is 0.438. The van der Waals surface area contributed by atoms with Gasteiger partial charge in [-0.25, -0.2) is 0 Å². The fourth-order valence-corrected chi connectivity index (χ4v) is 2.38. The number of nitrogens with two attached hydrogens (primary N) is 1. The Bertz CT molecular complexity index is 448. The number of carbonyl (C=O) groups excluding carboxylic acids is 1. The average molecular weight is 258 g/mol. The molecule has 0 unspecified atom stereocenters. The van der Waals surface area contributed by atoms with E-state index < -0.39 is 0 Å². The van der Waals surface area contributed by atoms with Crippen LogP contribution in [0.4, 0.5) is 5.69 Å². The molecule has 0 aliphatic heterocycles. The zero-order valence-corrected chi connectivity index (χ0v) is 11.3. The lowest BCUT2D eigenvalue weighted by Gasteiger charge is -2.13. The highest BCUT2D eigenvalue weighted by Gasteiger charge is 2.05. The van der Waals surface area contributed by atoms with Gasteiger partial charge in [-0.2, -0.15) is 0 Å². The Morgan fingerprint density at radius 3 is 2.68 bits per heavy atom. The van der Waals surface area contributed by atoms with Crippen molar-refractivity contribution in [2.45, 2.75) is 38.5 Å². The van der Waals surface area contributed by atoms with Crippen molar-refractivity contribution in [3.05, 3.63) is 41.5 Å². The van der Waals surface area contributed by atoms with Gasteiger partial charge in [0.2, 0.25) is 5.91 Å². The van der Waals surface area contributed by atoms with Gasteiger partial charge >= 0.3 is 0 Å². The lowest BCUT2D eigenvalue weighted by atomic mass is 9.97. The maximum Gasteiger partial charge on any atom is 0.224 e. The second-order valence-corrected chi connectivity index (χ2v) is 5.13. The number of hydrogen-bond acceptors (Lipinski definition) is 2. The van der Waals surface area contributed by atoms with Gasteiger partial charge in [0.1, 0.15) is 0 Å². The summed E-state index contributed by atoms with van der Waals surface area (Å²) in [6.07, 6.45) is 8.77. The second kappa shape index (κ2) is 6.98. The Labute approximate surface area is 114 Å². The lowest BCUT2D eigenvalue weighted by molar-refractivity contribution is -0.120. The molecule has 2 rings (SSSR count). The van der Waals surface area contributed by atoms with Crippen LogP contribution in [0.15, 0.2) is 35.9 Å². The number of nitrogens with one attached hydrogen (secondary N) is 1. The van der Waals surface area contributed by atoms with Crippen LogP contribution >= 0.6 is 0 Å². The number of carbonyl (C=O) groups is 1. The summed E-state index contributed by atoms with van der Waals surface area (Å²) < 4.78 is 0. The first-order valence-corrected chi connectivity index (χ1v) is 7.03. The van der Waals surface area contributed by atoms with Crippen LogP contribution in [0.5, 0.6) is 0 Å². The molecule has 0 fully saturated rings. The Hall–Kier alpha value is -1.77. The largest absolute Gasteiger partial charge is 0.399 e. The van der Waals surface area contributed by atoms with Gasteiger partial charge in [0.25, 0.3) is 0 Å². The normalized spacial score (nSPS) is 14.8. The minimum atomic E-state index is 0.0844. The number of nitrogen functional groups attached to an aromatic ring is 1. The summed E-state index contributed by atoms with van der Waals surface area (Å²) in [6, 6.07) is 7.46. The molecule has 0 saturated carbocycles. The van der Waals surface area contributed by atoms with E-state index in [9.17, 15) is 4.79 Å². The van der Waals surface area contributed by atoms with E-state index in [2.05, 4.69) is 11.4 Å². The number of rotatable bonds is 5. The van der Waals surface area contributed by atoms with Crippen molar-refractivity contribution in [3.8, 4) is 0 Å². The van der Waals surface area contributed by atoms with E-state index in [1.807, 2.05) is 24.3 Å². The Balaban J connectivity index is 1.69. The van der Waals surface area contributed by atoms with Crippen molar-refractivity contribution >= 4 is 11.6 Å².